The average Bonchev–Trinajstić information content (AvgIpc) is 2.39. The predicted molar refractivity (Wildman–Crippen MR) is 78.0 cm³/mol. The Kier molecular flexibility index (Phi) is 6.85. The third-order valence-electron chi connectivity index (χ3n) is 3.39. The van der Waals surface area contributed by atoms with E-state index in [4.69, 9.17) is 5.11 Å². The van der Waals surface area contributed by atoms with E-state index < -0.39 is 6.61 Å². The summed E-state index contributed by atoms with van der Waals surface area (Å²) in [6, 6.07) is 4.93. The van der Waals surface area contributed by atoms with Gasteiger partial charge in [0.25, 0.3) is 0 Å². The Bertz CT molecular complexity index is 432. The lowest BCUT2D eigenvalue weighted by molar-refractivity contribution is -0.0505. The van der Waals surface area contributed by atoms with Gasteiger partial charge in [0, 0.05) is 28.7 Å². The van der Waals surface area contributed by atoms with Crippen molar-refractivity contribution in [1.29, 1.82) is 0 Å². The summed E-state index contributed by atoms with van der Waals surface area (Å²) in [5.41, 5.74) is 0.413. The highest BCUT2D eigenvalue weighted by molar-refractivity contribution is 9.10. The van der Waals surface area contributed by atoms with Crippen LogP contribution in [0.5, 0.6) is 5.75 Å². The molecular weight excluding hydrogens is 332 g/mol. The highest BCUT2D eigenvalue weighted by atomic mass is 79.9. The largest absolute Gasteiger partial charge is 0.434 e. The Balaban J connectivity index is 2.82. The lowest BCUT2D eigenvalue weighted by atomic mass is 9.94. The first-order chi connectivity index (χ1) is 9.40. The zero-order valence-electron chi connectivity index (χ0n) is 11.6. The molecule has 1 atom stereocenters. The molecule has 1 aromatic carbocycles. The van der Waals surface area contributed by atoms with Gasteiger partial charge in [-0.1, -0.05) is 22.9 Å². The lowest BCUT2D eigenvalue weighted by Gasteiger charge is -2.29. The van der Waals surface area contributed by atoms with E-state index in [-0.39, 0.29) is 17.9 Å². The van der Waals surface area contributed by atoms with E-state index >= 15 is 0 Å². The van der Waals surface area contributed by atoms with Gasteiger partial charge in [0.2, 0.25) is 0 Å². The molecule has 0 aliphatic carbocycles. The van der Waals surface area contributed by atoms with Gasteiger partial charge in [0.15, 0.2) is 0 Å². The van der Waals surface area contributed by atoms with Crippen molar-refractivity contribution in [3.05, 3.63) is 28.2 Å². The van der Waals surface area contributed by atoms with Crippen molar-refractivity contribution in [1.82, 2.24) is 5.32 Å². The molecule has 0 radical (unpaired) electrons. The van der Waals surface area contributed by atoms with E-state index in [1.807, 2.05) is 13.8 Å². The number of hydrogen-bond donors (Lipinski definition) is 2. The van der Waals surface area contributed by atoms with Gasteiger partial charge < -0.3 is 15.2 Å². The van der Waals surface area contributed by atoms with E-state index in [1.165, 1.54) is 6.07 Å². The molecule has 0 aliphatic rings. The van der Waals surface area contributed by atoms with Crippen molar-refractivity contribution in [3.63, 3.8) is 0 Å². The van der Waals surface area contributed by atoms with E-state index in [0.717, 1.165) is 10.9 Å². The fraction of sp³-hybridized carbons (Fsp3) is 0.571. The molecule has 0 saturated carbocycles. The van der Waals surface area contributed by atoms with Crippen LogP contribution in [0.3, 0.4) is 0 Å². The molecule has 1 unspecified atom stereocenters. The molecular formula is C14H20BrF2NO2. The SMILES string of the molecule is CCC(C)(CCO)NCc1cc(Br)ccc1OC(F)F. The number of halogens is 3. The Morgan fingerprint density at radius 1 is 1.45 bits per heavy atom. The van der Waals surface area contributed by atoms with Gasteiger partial charge in [-0.05, 0) is 38.0 Å². The number of nitrogens with one attached hydrogen (secondary N) is 1. The maximum Gasteiger partial charge on any atom is 0.387 e. The summed E-state index contributed by atoms with van der Waals surface area (Å²) in [4.78, 5) is 0. The first-order valence-corrected chi connectivity index (χ1v) is 7.28. The predicted octanol–water partition coefficient (Wildman–Crippen LogP) is 3.69. The first kappa shape index (κ1) is 17.3. The van der Waals surface area contributed by atoms with Crippen LogP contribution in [0, 0.1) is 0 Å². The summed E-state index contributed by atoms with van der Waals surface area (Å²) < 4.78 is 30.1. The fourth-order valence-corrected chi connectivity index (χ4v) is 2.25. The minimum atomic E-state index is -2.84. The van der Waals surface area contributed by atoms with Crippen molar-refractivity contribution in [2.75, 3.05) is 6.61 Å². The minimum absolute atomic E-state index is 0.0796. The second-order valence-electron chi connectivity index (χ2n) is 4.87. The van der Waals surface area contributed by atoms with Gasteiger partial charge >= 0.3 is 6.61 Å². The molecule has 3 nitrogen and oxygen atoms in total. The van der Waals surface area contributed by atoms with Gasteiger partial charge in [-0.3, -0.25) is 0 Å². The topological polar surface area (TPSA) is 41.5 Å². The number of alkyl halides is 2. The molecule has 1 aromatic rings. The fourth-order valence-electron chi connectivity index (χ4n) is 1.84. The first-order valence-electron chi connectivity index (χ1n) is 6.49. The van der Waals surface area contributed by atoms with Crippen LogP contribution < -0.4 is 10.1 Å². The zero-order valence-corrected chi connectivity index (χ0v) is 13.2. The molecule has 1 rings (SSSR count). The van der Waals surface area contributed by atoms with Crippen LogP contribution >= 0.6 is 15.9 Å². The molecule has 6 heteroatoms. The maximum absolute atomic E-state index is 12.4. The zero-order chi connectivity index (χ0) is 15.2. The van der Waals surface area contributed by atoms with Crippen LogP contribution in [0.15, 0.2) is 22.7 Å². The standard InChI is InChI=1S/C14H20BrF2NO2/c1-3-14(2,6-7-19)18-9-10-8-11(15)4-5-12(10)20-13(16)17/h4-5,8,13,18-19H,3,6-7,9H2,1-2H3. The summed E-state index contributed by atoms with van der Waals surface area (Å²) in [6.07, 6.45) is 1.43. The van der Waals surface area contributed by atoms with Crippen LogP contribution in [0.25, 0.3) is 0 Å². The molecule has 0 aromatic heterocycles. The van der Waals surface area contributed by atoms with Crippen LogP contribution in [-0.4, -0.2) is 23.9 Å². The van der Waals surface area contributed by atoms with Crippen LogP contribution in [0.2, 0.25) is 0 Å². The second-order valence-corrected chi connectivity index (χ2v) is 5.79. The molecule has 0 fully saturated rings. The van der Waals surface area contributed by atoms with E-state index in [2.05, 4.69) is 26.0 Å². The third kappa shape index (κ3) is 5.34. The molecule has 0 spiro atoms. The summed E-state index contributed by atoms with van der Waals surface area (Å²) in [7, 11) is 0. The molecule has 20 heavy (non-hydrogen) atoms. The van der Waals surface area contributed by atoms with Crippen molar-refractivity contribution in [2.24, 2.45) is 0 Å². The van der Waals surface area contributed by atoms with Crippen LogP contribution in [-0.2, 0) is 6.54 Å². The number of hydrogen-bond acceptors (Lipinski definition) is 3. The number of aliphatic hydroxyl groups excluding tert-OH is 1. The monoisotopic (exact) mass is 351 g/mol. The number of rotatable bonds is 8. The van der Waals surface area contributed by atoms with E-state index in [0.29, 0.717) is 18.5 Å². The molecule has 0 aliphatic heterocycles. The van der Waals surface area contributed by atoms with Gasteiger partial charge in [0.1, 0.15) is 5.75 Å². The second kappa shape index (κ2) is 7.90. The summed E-state index contributed by atoms with van der Waals surface area (Å²) in [5, 5.41) is 12.4. The van der Waals surface area contributed by atoms with Gasteiger partial charge in [-0.25, -0.2) is 0 Å². The Hall–Kier alpha value is -0.720. The highest BCUT2D eigenvalue weighted by Crippen LogP contribution is 2.26. The van der Waals surface area contributed by atoms with Gasteiger partial charge in [0.05, 0.1) is 0 Å². The number of aliphatic hydroxyl groups is 1. The third-order valence-corrected chi connectivity index (χ3v) is 3.88. The molecule has 114 valence electrons. The molecule has 2 N–H and O–H groups in total. The van der Waals surface area contributed by atoms with Crippen molar-refractivity contribution < 1.29 is 18.6 Å². The normalized spacial score (nSPS) is 14.3. The van der Waals surface area contributed by atoms with E-state index in [1.54, 1.807) is 12.1 Å². The summed E-state index contributed by atoms with van der Waals surface area (Å²) >= 11 is 3.32. The molecule has 0 saturated heterocycles. The quantitative estimate of drug-likeness (QED) is 0.750. The van der Waals surface area contributed by atoms with Crippen molar-refractivity contribution in [3.8, 4) is 5.75 Å². The van der Waals surface area contributed by atoms with Gasteiger partial charge in [-0.2, -0.15) is 8.78 Å². The average molecular weight is 352 g/mol. The Morgan fingerprint density at radius 2 is 2.15 bits per heavy atom. The maximum atomic E-state index is 12.4. The molecule has 0 heterocycles. The van der Waals surface area contributed by atoms with Crippen molar-refractivity contribution >= 4 is 15.9 Å². The number of ether oxygens (including phenoxy) is 1. The minimum Gasteiger partial charge on any atom is -0.434 e. The van der Waals surface area contributed by atoms with E-state index in [9.17, 15) is 8.78 Å². The van der Waals surface area contributed by atoms with Gasteiger partial charge in [-0.15, -0.1) is 0 Å². The Labute approximate surface area is 126 Å². The molecule has 0 bridgehead atoms. The van der Waals surface area contributed by atoms with Crippen LogP contribution in [0.1, 0.15) is 32.3 Å². The summed E-state index contributed by atoms with van der Waals surface area (Å²) in [6.45, 7) is 1.64. The van der Waals surface area contributed by atoms with Crippen molar-refractivity contribution in [2.45, 2.75) is 45.4 Å². The van der Waals surface area contributed by atoms with Crippen LogP contribution in [0.4, 0.5) is 8.78 Å². The summed E-state index contributed by atoms with van der Waals surface area (Å²) in [5.74, 6) is 0.165. The smallest absolute Gasteiger partial charge is 0.387 e. The Morgan fingerprint density at radius 3 is 2.70 bits per heavy atom. The molecule has 0 amide bonds. The lowest BCUT2D eigenvalue weighted by Crippen LogP contribution is -2.42. The number of benzene rings is 1. The highest BCUT2D eigenvalue weighted by Gasteiger charge is 2.21.